The molecule has 0 amide bonds. The van der Waals surface area contributed by atoms with Crippen molar-refractivity contribution in [1.82, 2.24) is 0 Å². The molecule has 4 nitrogen and oxygen atoms in total. The van der Waals surface area contributed by atoms with Crippen LogP contribution in [-0.2, 0) is 9.47 Å². The molecule has 6 heteroatoms. The van der Waals surface area contributed by atoms with Crippen molar-refractivity contribution in [3.63, 3.8) is 0 Å². The molecule has 2 heterocycles. The lowest BCUT2D eigenvalue weighted by Gasteiger charge is -2.04. The lowest BCUT2D eigenvalue weighted by Crippen LogP contribution is -2.10. The van der Waals surface area contributed by atoms with Crippen LogP contribution in [0.4, 0.5) is 0 Å². The zero-order chi connectivity index (χ0) is 18.3. The third kappa shape index (κ3) is 5.53. The lowest BCUT2D eigenvalue weighted by molar-refractivity contribution is 0.305. The zero-order valence-electron chi connectivity index (χ0n) is 15.0. The van der Waals surface area contributed by atoms with Gasteiger partial charge in [-0.1, -0.05) is 36.4 Å². The Morgan fingerprint density at radius 1 is 0.704 bits per heavy atom. The van der Waals surface area contributed by atoms with Crippen molar-refractivity contribution in [2.24, 2.45) is 9.98 Å². The summed E-state index contributed by atoms with van der Waals surface area (Å²) in [6, 6.07) is 21.2. The van der Waals surface area contributed by atoms with E-state index in [4.69, 9.17) is 19.5 Å². The quantitative estimate of drug-likeness (QED) is 0.612. The molecule has 0 fully saturated rings. The Morgan fingerprint density at radius 2 is 1.15 bits per heavy atom. The van der Waals surface area contributed by atoms with E-state index in [2.05, 4.69) is 48.5 Å². The standard InChI is InChI=1S/C21H22N2O2S2/c1-3-7-18(8-4-1)26-14-16-12-24-20(22-16)11-21-23-17(13-25-21)15-27-19-9-5-2-6-10-19/h1-10,16-17H,11-15H2. The van der Waals surface area contributed by atoms with Gasteiger partial charge in [-0.15, -0.1) is 23.5 Å². The topological polar surface area (TPSA) is 43.2 Å². The molecule has 2 aromatic carbocycles. The average molecular weight is 399 g/mol. The molecule has 2 aromatic rings. The number of hydrogen-bond acceptors (Lipinski definition) is 6. The molecule has 0 saturated heterocycles. The number of thioether (sulfide) groups is 2. The fourth-order valence-corrected chi connectivity index (χ4v) is 4.66. The fraction of sp³-hybridized carbons (Fsp3) is 0.333. The van der Waals surface area contributed by atoms with Crippen LogP contribution in [0, 0.1) is 0 Å². The van der Waals surface area contributed by atoms with E-state index in [-0.39, 0.29) is 12.1 Å². The summed E-state index contributed by atoms with van der Waals surface area (Å²) in [5.74, 6) is 3.36. The van der Waals surface area contributed by atoms with Gasteiger partial charge in [-0.2, -0.15) is 0 Å². The Morgan fingerprint density at radius 3 is 1.59 bits per heavy atom. The molecule has 2 aliphatic heterocycles. The molecule has 0 saturated carbocycles. The summed E-state index contributed by atoms with van der Waals surface area (Å²) in [5.41, 5.74) is 0. The van der Waals surface area contributed by atoms with Gasteiger partial charge in [-0.3, -0.25) is 0 Å². The third-order valence-corrected chi connectivity index (χ3v) is 6.53. The molecule has 2 atom stereocenters. The van der Waals surface area contributed by atoms with E-state index in [0.29, 0.717) is 19.6 Å². The second-order valence-electron chi connectivity index (χ2n) is 6.40. The maximum absolute atomic E-state index is 5.75. The molecule has 2 unspecified atom stereocenters. The van der Waals surface area contributed by atoms with Crippen molar-refractivity contribution in [2.75, 3.05) is 24.7 Å². The van der Waals surface area contributed by atoms with Gasteiger partial charge in [-0.25, -0.2) is 9.98 Å². The first-order valence-electron chi connectivity index (χ1n) is 9.10. The van der Waals surface area contributed by atoms with Crippen LogP contribution in [0.1, 0.15) is 6.42 Å². The first-order chi connectivity index (χ1) is 13.3. The molecule has 0 N–H and O–H groups in total. The highest BCUT2D eigenvalue weighted by Gasteiger charge is 2.25. The Balaban J connectivity index is 1.23. The predicted molar refractivity (Wildman–Crippen MR) is 113 cm³/mol. The Labute approximate surface area is 168 Å². The van der Waals surface area contributed by atoms with Gasteiger partial charge in [0.2, 0.25) is 0 Å². The van der Waals surface area contributed by atoms with Crippen molar-refractivity contribution < 1.29 is 9.47 Å². The monoisotopic (exact) mass is 398 g/mol. The van der Waals surface area contributed by atoms with Crippen LogP contribution >= 0.6 is 23.5 Å². The molecular weight excluding hydrogens is 376 g/mol. The van der Waals surface area contributed by atoms with Gasteiger partial charge in [0.25, 0.3) is 0 Å². The summed E-state index contributed by atoms with van der Waals surface area (Å²) < 4.78 is 11.5. The highest BCUT2D eigenvalue weighted by molar-refractivity contribution is 7.99. The summed E-state index contributed by atoms with van der Waals surface area (Å²) >= 11 is 3.63. The lowest BCUT2D eigenvalue weighted by atomic mass is 10.4. The van der Waals surface area contributed by atoms with Gasteiger partial charge in [0.1, 0.15) is 13.2 Å². The zero-order valence-corrected chi connectivity index (χ0v) is 16.6. The number of aliphatic imine (C=N–C) groups is 2. The van der Waals surface area contributed by atoms with Crippen LogP contribution in [0.25, 0.3) is 0 Å². The van der Waals surface area contributed by atoms with Crippen molar-refractivity contribution in [2.45, 2.75) is 28.3 Å². The molecule has 0 aromatic heterocycles. The molecule has 0 radical (unpaired) electrons. The molecule has 4 rings (SSSR count). The van der Waals surface area contributed by atoms with Crippen molar-refractivity contribution >= 4 is 35.3 Å². The van der Waals surface area contributed by atoms with E-state index in [1.807, 2.05) is 35.7 Å². The van der Waals surface area contributed by atoms with Crippen molar-refractivity contribution in [3.05, 3.63) is 60.7 Å². The second kappa shape index (κ2) is 9.33. The maximum Gasteiger partial charge on any atom is 0.193 e. The molecule has 27 heavy (non-hydrogen) atoms. The summed E-state index contributed by atoms with van der Waals surface area (Å²) in [6.45, 7) is 1.30. The van der Waals surface area contributed by atoms with Crippen LogP contribution in [0.3, 0.4) is 0 Å². The number of hydrogen-bond donors (Lipinski definition) is 0. The van der Waals surface area contributed by atoms with Crippen LogP contribution in [0.15, 0.2) is 80.4 Å². The van der Waals surface area contributed by atoms with Gasteiger partial charge < -0.3 is 9.47 Å². The summed E-state index contributed by atoms with van der Waals surface area (Å²) in [4.78, 5) is 11.9. The van der Waals surface area contributed by atoms with E-state index < -0.39 is 0 Å². The number of ether oxygens (including phenoxy) is 2. The Kier molecular flexibility index (Phi) is 6.37. The van der Waals surface area contributed by atoms with Gasteiger partial charge in [0.05, 0.1) is 18.5 Å². The largest absolute Gasteiger partial charge is 0.478 e. The van der Waals surface area contributed by atoms with E-state index in [1.165, 1.54) is 9.79 Å². The minimum Gasteiger partial charge on any atom is -0.478 e. The normalized spacial score (nSPS) is 21.3. The van der Waals surface area contributed by atoms with Gasteiger partial charge in [0, 0.05) is 21.3 Å². The molecule has 0 bridgehead atoms. The van der Waals surface area contributed by atoms with E-state index >= 15 is 0 Å². The van der Waals surface area contributed by atoms with Crippen molar-refractivity contribution in [3.8, 4) is 0 Å². The fourth-order valence-electron chi connectivity index (χ4n) is 2.85. The van der Waals surface area contributed by atoms with Crippen LogP contribution < -0.4 is 0 Å². The maximum atomic E-state index is 5.75. The van der Waals surface area contributed by atoms with Crippen molar-refractivity contribution in [1.29, 1.82) is 0 Å². The molecule has 140 valence electrons. The molecule has 0 spiro atoms. The molecule has 2 aliphatic rings. The van der Waals surface area contributed by atoms with Gasteiger partial charge in [-0.05, 0) is 24.3 Å². The van der Waals surface area contributed by atoms with Gasteiger partial charge >= 0.3 is 0 Å². The highest BCUT2D eigenvalue weighted by Crippen LogP contribution is 2.23. The first kappa shape index (κ1) is 18.4. The molecule has 0 aliphatic carbocycles. The SMILES string of the molecule is c1ccc(SCC2COC(CC3=NC(CSc4ccccc4)CO3)=N2)cc1. The smallest absolute Gasteiger partial charge is 0.193 e. The number of rotatable bonds is 8. The summed E-state index contributed by atoms with van der Waals surface area (Å²) in [7, 11) is 0. The third-order valence-electron chi connectivity index (χ3n) is 4.21. The summed E-state index contributed by atoms with van der Waals surface area (Å²) in [6.07, 6.45) is 0.568. The average Bonchev–Trinajstić information content (AvgIpc) is 3.36. The van der Waals surface area contributed by atoms with Crippen LogP contribution in [0.2, 0.25) is 0 Å². The minimum atomic E-state index is 0.205. The van der Waals surface area contributed by atoms with Gasteiger partial charge in [0.15, 0.2) is 11.8 Å². The minimum absolute atomic E-state index is 0.205. The first-order valence-corrected chi connectivity index (χ1v) is 11.1. The predicted octanol–water partition coefficient (Wildman–Crippen LogP) is 4.56. The van der Waals surface area contributed by atoms with E-state index in [9.17, 15) is 0 Å². The Hall–Kier alpha value is -1.92. The molecular formula is C21H22N2O2S2. The Bertz CT molecular complexity index is 729. The van der Waals surface area contributed by atoms with Crippen LogP contribution in [0.5, 0.6) is 0 Å². The number of nitrogens with zero attached hydrogens (tertiary/aromatic N) is 2. The summed E-state index contributed by atoms with van der Waals surface area (Å²) in [5, 5.41) is 0. The van der Waals surface area contributed by atoms with Crippen LogP contribution in [-0.4, -0.2) is 48.6 Å². The van der Waals surface area contributed by atoms with E-state index in [0.717, 1.165) is 23.3 Å². The van der Waals surface area contributed by atoms with E-state index in [1.54, 1.807) is 0 Å². The number of benzene rings is 2. The highest BCUT2D eigenvalue weighted by atomic mass is 32.2. The second-order valence-corrected chi connectivity index (χ2v) is 8.59.